The van der Waals surface area contributed by atoms with E-state index >= 15 is 8.78 Å². The molecule has 20 heteroatoms. The van der Waals surface area contributed by atoms with Gasteiger partial charge in [-0.2, -0.15) is 9.97 Å². The number of carbonyl (C=O) groups excluding carboxylic acids is 2. The molecule has 3 aromatic carbocycles. The number of piperidine rings is 3. The lowest BCUT2D eigenvalue weighted by Crippen LogP contribution is -2.50. The number of allylic oxidation sites excluding steroid dienone is 1. The Hall–Kier alpha value is -6.87. The van der Waals surface area contributed by atoms with Gasteiger partial charge in [-0.1, -0.05) is 78.8 Å². The van der Waals surface area contributed by atoms with Gasteiger partial charge < -0.3 is 29.2 Å². The molecule has 1 aliphatic carbocycles. The number of fused-ring (bicyclic) bond motifs is 4. The number of rotatable bonds is 18. The Morgan fingerprint density at radius 1 is 0.899 bits per heavy atom. The highest BCUT2D eigenvalue weighted by molar-refractivity contribution is 6.78. The number of carboxylic acid groups (broad SMARTS) is 1. The van der Waals surface area contributed by atoms with E-state index in [-0.39, 0.29) is 100 Å². The first-order valence-electron chi connectivity index (χ1n) is 32.5. The number of aromatic nitrogens is 5. The van der Waals surface area contributed by atoms with Crippen LogP contribution in [0.25, 0.3) is 44.0 Å². The van der Waals surface area contributed by atoms with E-state index in [2.05, 4.69) is 74.9 Å². The number of hydrogen-bond acceptors (Lipinski definition) is 13. The molecule has 5 atom stereocenters. The number of aliphatic carboxylic acids is 1. The molecule has 6 aliphatic rings. The molecular weight excluding hydrogens is 1150 g/mol. The van der Waals surface area contributed by atoms with Crippen molar-refractivity contribution in [2.75, 3.05) is 50.8 Å². The van der Waals surface area contributed by atoms with Gasteiger partial charge in [0.15, 0.2) is 5.82 Å². The number of carboxylic acids is 1. The highest BCUT2D eigenvalue weighted by Crippen LogP contribution is 2.50. The standard InChI is InChI=1S/C69H87F2N9O8Si/c1-10-50-53(70)15-13-47-33-49(88-89(41(2)3,42(4)5)43(6)7)35-51(58(47)50)60-59(71)61-52(37-72-60)62(78-29-11-24-67(8,86)38-78)75-65(74-61)87-40-69-25-12-30-79(69)48(21-28-69)36-68(26-19-45(20-27-68)64(83)84)39-77-31-22-44(23-32-77)46-14-16-54-56(34-46)76(9)66(85)80(54)55-17-18-57(81)73-63(55)82/h13-16,19-20,26,33-35,37,41-44,48,55,86H,10-12,17-18,21-25,27-32,36,38-40H2,1-9H3,(H,83,84)(H,73,81,82)/t48-,55?,67+,68?,69-/m0/s1. The van der Waals surface area contributed by atoms with Crippen molar-refractivity contribution < 1.29 is 42.5 Å². The lowest BCUT2D eigenvalue weighted by molar-refractivity contribution is -0.136. The number of benzene rings is 3. The smallest absolute Gasteiger partial charge is 0.335 e. The van der Waals surface area contributed by atoms with Crippen LogP contribution in [0.15, 0.2) is 77.3 Å². The number of halogens is 2. The van der Waals surface area contributed by atoms with Crippen molar-refractivity contribution in [2.45, 2.75) is 185 Å². The Morgan fingerprint density at radius 3 is 2.34 bits per heavy atom. The third-order valence-electron chi connectivity index (χ3n) is 21.3. The molecule has 3 N–H and O–H groups in total. The van der Waals surface area contributed by atoms with E-state index in [1.807, 2.05) is 36.1 Å². The Kier molecular flexibility index (Phi) is 16.9. The van der Waals surface area contributed by atoms with Crippen LogP contribution in [-0.4, -0.2) is 133 Å². The van der Waals surface area contributed by atoms with Crippen LogP contribution >= 0.6 is 0 Å². The van der Waals surface area contributed by atoms with Crippen LogP contribution in [-0.2, 0) is 27.9 Å². The van der Waals surface area contributed by atoms with Crippen molar-refractivity contribution in [3.05, 3.63) is 106 Å². The second-order valence-corrected chi connectivity index (χ2v) is 33.3. The molecule has 17 nitrogen and oxygen atoms in total. The summed E-state index contributed by atoms with van der Waals surface area (Å²) >= 11 is 0. The van der Waals surface area contributed by atoms with Gasteiger partial charge >= 0.3 is 17.7 Å². The Labute approximate surface area is 520 Å². The molecule has 89 heavy (non-hydrogen) atoms. The van der Waals surface area contributed by atoms with Crippen LogP contribution in [0.4, 0.5) is 14.6 Å². The van der Waals surface area contributed by atoms with Crippen LogP contribution < -0.4 is 25.1 Å². The van der Waals surface area contributed by atoms with Crippen LogP contribution in [0.3, 0.4) is 0 Å². The number of amides is 2. The number of β-amino-alcohol motifs (C(OH)–C–C–N with tert-alkyl or cyclic N) is 1. The van der Waals surface area contributed by atoms with Crippen LogP contribution in [0.1, 0.15) is 156 Å². The topological polar surface area (TPSA) is 197 Å². The lowest BCUT2D eigenvalue weighted by Gasteiger charge is -2.43. The zero-order chi connectivity index (χ0) is 63.1. The number of aliphatic hydroxyl groups is 1. The minimum atomic E-state index is -2.51. The molecule has 3 aromatic heterocycles. The summed E-state index contributed by atoms with van der Waals surface area (Å²) < 4.78 is 51.4. The lowest BCUT2D eigenvalue weighted by atomic mass is 9.73. The monoisotopic (exact) mass is 1240 g/mol. The minimum absolute atomic E-state index is 0.0208. The molecule has 2 unspecified atom stereocenters. The number of imidazole rings is 1. The van der Waals surface area contributed by atoms with E-state index in [0.29, 0.717) is 76.8 Å². The van der Waals surface area contributed by atoms with Crippen LogP contribution in [0.2, 0.25) is 16.6 Å². The average Bonchev–Trinajstić information content (AvgIpc) is 1.71. The number of nitrogens with zero attached hydrogens (tertiary/aromatic N) is 8. The third-order valence-corrected chi connectivity index (χ3v) is 27.3. The molecule has 2 amide bonds. The fourth-order valence-electron chi connectivity index (χ4n) is 17.0. The van der Waals surface area contributed by atoms with Crippen molar-refractivity contribution in [3.8, 4) is 23.0 Å². The minimum Gasteiger partial charge on any atom is -0.543 e. The van der Waals surface area contributed by atoms with Crippen molar-refractivity contribution >= 4 is 64.6 Å². The van der Waals surface area contributed by atoms with Crippen molar-refractivity contribution in [1.29, 1.82) is 0 Å². The van der Waals surface area contributed by atoms with Gasteiger partial charge in [0.25, 0.3) is 8.32 Å². The van der Waals surface area contributed by atoms with Gasteiger partial charge in [0.2, 0.25) is 11.8 Å². The Balaban J connectivity index is 0.817. The number of anilines is 1. The zero-order valence-electron chi connectivity index (χ0n) is 53.1. The Bertz CT molecular complexity index is 3890. The normalized spacial score (nSPS) is 24.9. The van der Waals surface area contributed by atoms with Gasteiger partial charge in [0, 0.05) is 56.3 Å². The molecule has 0 bridgehead atoms. The van der Waals surface area contributed by atoms with E-state index in [9.17, 15) is 29.4 Å². The third kappa shape index (κ3) is 11.4. The molecule has 8 heterocycles. The quantitative estimate of drug-likeness (QED) is 0.0543. The van der Waals surface area contributed by atoms with Gasteiger partial charge in [0.1, 0.15) is 41.2 Å². The van der Waals surface area contributed by atoms with Gasteiger partial charge in [-0.15, -0.1) is 0 Å². The van der Waals surface area contributed by atoms with Crippen LogP contribution in [0.5, 0.6) is 11.8 Å². The summed E-state index contributed by atoms with van der Waals surface area (Å²) in [6.07, 6.45) is 16.4. The zero-order valence-corrected chi connectivity index (χ0v) is 54.1. The molecule has 5 saturated heterocycles. The number of pyridine rings is 1. The average molecular weight is 1240 g/mol. The van der Waals surface area contributed by atoms with Crippen molar-refractivity contribution in [3.63, 3.8) is 0 Å². The molecular formula is C69H87F2N9O8Si. The van der Waals surface area contributed by atoms with E-state index in [4.69, 9.17) is 24.1 Å². The predicted octanol–water partition coefficient (Wildman–Crippen LogP) is 11.8. The number of hydrogen-bond donors (Lipinski definition) is 3. The van der Waals surface area contributed by atoms with E-state index < -0.39 is 37.7 Å². The summed E-state index contributed by atoms with van der Waals surface area (Å²) in [5.41, 5.74) is 2.55. The van der Waals surface area contributed by atoms with E-state index in [1.165, 1.54) is 10.6 Å². The number of carbonyl (C=O) groups is 3. The molecule has 0 saturated carbocycles. The summed E-state index contributed by atoms with van der Waals surface area (Å²) in [5, 5.41) is 25.6. The molecule has 0 radical (unpaired) electrons. The molecule has 5 fully saturated rings. The number of aryl methyl sites for hydroxylation is 2. The molecule has 5 aliphatic heterocycles. The first-order valence-corrected chi connectivity index (χ1v) is 34.7. The SMILES string of the molecule is CCc1c(F)ccc2cc(O[Si](C(C)C)(C(C)C)C(C)C)cc(-c3ncc4c(N5CCC[C@@](C)(O)C5)nc(OC[C@@]56CCCN5[C@H](CC5(CN7CCC(c8ccc9c(c8)n(C)c(=O)n9C8CCC(=O)NC8=O)CC7)C=CC(C(=O)O)=CC5)CC6)nc4c3F)c12. The van der Waals surface area contributed by atoms with Gasteiger partial charge in [-0.05, 0) is 178 Å². The van der Waals surface area contributed by atoms with E-state index in [0.717, 1.165) is 87.6 Å². The maximum atomic E-state index is 18.2. The van der Waals surface area contributed by atoms with Crippen molar-refractivity contribution in [2.24, 2.45) is 12.5 Å². The predicted molar refractivity (Wildman–Crippen MR) is 344 cm³/mol. The first kappa shape index (κ1) is 62.3. The number of likely N-dealkylation sites (tertiary alicyclic amines) is 1. The summed E-state index contributed by atoms with van der Waals surface area (Å²) in [6.45, 7) is 21.4. The second kappa shape index (κ2) is 24.1. The molecule has 12 rings (SSSR count). The Morgan fingerprint density at radius 2 is 1.65 bits per heavy atom. The summed E-state index contributed by atoms with van der Waals surface area (Å²) in [5.74, 6) is -1.52. The highest BCUT2D eigenvalue weighted by atomic mass is 28.4. The summed E-state index contributed by atoms with van der Waals surface area (Å²) in [4.78, 5) is 72.7. The van der Waals surface area contributed by atoms with Crippen molar-refractivity contribution in [1.82, 2.24) is 39.2 Å². The second-order valence-electron chi connectivity index (χ2n) is 28.0. The largest absolute Gasteiger partial charge is 0.543 e. The first-order chi connectivity index (χ1) is 42.4. The maximum Gasteiger partial charge on any atom is 0.335 e. The fraction of sp³-hybridized carbons (Fsp3) is 0.551. The highest BCUT2D eigenvalue weighted by Gasteiger charge is 2.52. The summed E-state index contributed by atoms with van der Waals surface area (Å²) in [6, 6.07) is 12.6. The maximum absolute atomic E-state index is 18.2. The number of ether oxygens (including phenoxy) is 1. The van der Waals surface area contributed by atoms with Gasteiger partial charge in [-0.3, -0.25) is 33.9 Å². The van der Waals surface area contributed by atoms with E-state index in [1.54, 1.807) is 36.9 Å². The van der Waals surface area contributed by atoms with Gasteiger partial charge in [0.05, 0.1) is 33.1 Å². The number of imide groups is 1. The number of nitrogens with one attached hydrogen (secondary N) is 1. The van der Waals surface area contributed by atoms with Gasteiger partial charge in [-0.25, -0.2) is 18.4 Å². The summed E-state index contributed by atoms with van der Waals surface area (Å²) in [7, 11) is -0.785. The van der Waals surface area contributed by atoms with Crippen LogP contribution in [0, 0.1) is 17.0 Å². The molecule has 474 valence electrons. The molecule has 0 spiro atoms. The fourth-order valence-corrected chi connectivity index (χ4v) is 22.2. The molecule has 6 aromatic rings.